The molecule has 3 nitrogen and oxygen atoms in total. The van der Waals surface area contributed by atoms with Crippen molar-refractivity contribution in [1.82, 2.24) is 0 Å². The third kappa shape index (κ3) is 1.99. The first-order valence-corrected chi connectivity index (χ1v) is 7.68. The van der Waals surface area contributed by atoms with Gasteiger partial charge in [-0.3, -0.25) is 0 Å². The molecule has 2 aromatic heterocycles. The van der Waals surface area contributed by atoms with Crippen LogP contribution in [0, 0.1) is 26.6 Å². The molecule has 0 spiro atoms. The number of hydrogen-bond acceptors (Lipinski definition) is 3. The molecule has 0 saturated carbocycles. The van der Waals surface area contributed by atoms with Crippen LogP contribution in [0.1, 0.15) is 16.7 Å². The molecule has 0 aliphatic carbocycles. The van der Waals surface area contributed by atoms with Crippen LogP contribution in [0.25, 0.3) is 33.1 Å². The highest BCUT2D eigenvalue weighted by Gasteiger charge is 2.17. The van der Waals surface area contributed by atoms with Crippen molar-refractivity contribution in [3.63, 3.8) is 0 Å². The van der Waals surface area contributed by atoms with Crippen LogP contribution in [0.15, 0.2) is 50.2 Å². The Hall–Kier alpha value is -2.88. The maximum Gasteiger partial charge on any atom is 0.339 e. The van der Waals surface area contributed by atoms with Gasteiger partial charge in [0, 0.05) is 27.5 Å². The van der Waals surface area contributed by atoms with Gasteiger partial charge in [-0.1, -0.05) is 12.1 Å². The van der Waals surface area contributed by atoms with Crippen LogP contribution in [-0.2, 0) is 0 Å². The zero-order valence-electron chi connectivity index (χ0n) is 13.6. The van der Waals surface area contributed by atoms with Gasteiger partial charge in [-0.05, 0) is 50.1 Å². The van der Waals surface area contributed by atoms with Crippen molar-refractivity contribution in [2.75, 3.05) is 0 Å². The van der Waals surface area contributed by atoms with Crippen LogP contribution in [-0.4, -0.2) is 0 Å². The minimum absolute atomic E-state index is 0.276. The molecule has 4 heteroatoms. The molecule has 0 atom stereocenters. The van der Waals surface area contributed by atoms with Crippen molar-refractivity contribution in [2.45, 2.75) is 20.8 Å². The van der Waals surface area contributed by atoms with Gasteiger partial charge < -0.3 is 8.83 Å². The molecule has 0 bridgehead atoms. The van der Waals surface area contributed by atoms with Gasteiger partial charge in [0.15, 0.2) is 0 Å². The minimum Gasteiger partial charge on any atom is -0.463 e. The lowest BCUT2D eigenvalue weighted by Gasteiger charge is -2.07. The second kappa shape index (κ2) is 5.06. The van der Waals surface area contributed by atoms with Crippen molar-refractivity contribution in [2.24, 2.45) is 0 Å². The summed E-state index contributed by atoms with van der Waals surface area (Å²) in [5, 5.41) is 1.81. The summed E-state index contributed by atoms with van der Waals surface area (Å²) in [4.78, 5) is 12.0. The van der Waals surface area contributed by atoms with Gasteiger partial charge in [-0.25, -0.2) is 9.18 Å². The number of benzene rings is 2. The lowest BCUT2D eigenvalue weighted by atomic mass is 9.98. The average molecular weight is 322 g/mol. The van der Waals surface area contributed by atoms with Crippen LogP contribution in [0.5, 0.6) is 0 Å². The Bertz CT molecular complexity index is 1150. The molecule has 0 saturated heterocycles. The second-order valence-corrected chi connectivity index (χ2v) is 6.05. The Balaban J connectivity index is 2.11. The first-order valence-electron chi connectivity index (χ1n) is 7.68. The first-order chi connectivity index (χ1) is 11.5. The van der Waals surface area contributed by atoms with E-state index in [4.69, 9.17) is 8.83 Å². The van der Waals surface area contributed by atoms with E-state index in [2.05, 4.69) is 0 Å². The van der Waals surface area contributed by atoms with E-state index in [0.717, 1.165) is 33.0 Å². The largest absolute Gasteiger partial charge is 0.463 e. The van der Waals surface area contributed by atoms with Crippen molar-refractivity contribution >= 4 is 21.9 Å². The number of halogens is 1. The fourth-order valence-corrected chi connectivity index (χ4v) is 3.10. The maximum absolute atomic E-state index is 13.2. The van der Waals surface area contributed by atoms with Crippen LogP contribution >= 0.6 is 0 Å². The van der Waals surface area contributed by atoms with Crippen molar-refractivity contribution < 1.29 is 13.2 Å². The van der Waals surface area contributed by atoms with E-state index < -0.39 is 0 Å². The SMILES string of the molecule is Cc1c(C)c2cc3c(-c4ccc(F)cc4)coc3c(C)c2oc1=O. The molecule has 4 rings (SSSR count). The van der Waals surface area contributed by atoms with Gasteiger partial charge in [0.05, 0.1) is 6.26 Å². The topological polar surface area (TPSA) is 43.4 Å². The van der Waals surface area contributed by atoms with E-state index in [-0.39, 0.29) is 11.4 Å². The summed E-state index contributed by atoms with van der Waals surface area (Å²) in [6.07, 6.45) is 1.66. The molecule has 0 radical (unpaired) electrons. The van der Waals surface area contributed by atoms with E-state index >= 15 is 0 Å². The molecule has 0 N–H and O–H groups in total. The van der Waals surface area contributed by atoms with E-state index in [0.29, 0.717) is 16.7 Å². The summed E-state index contributed by atoms with van der Waals surface area (Å²) in [6.45, 7) is 5.55. The molecule has 0 fully saturated rings. The summed E-state index contributed by atoms with van der Waals surface area (Å²) in [6, 6.07) is 8.28. The normalized spacial score (nSPS) is 11.5. The zero-order valence-corrected chi connectivity index (χ0v) is 13.6. The predicted molar refractivity (Wildman–Crippen MR) is 91.9 cm³/mol. The molecule has 0 amide bonds. The van der Waals surface area contributed by atoms with Crippen LogP contribution in [0.3, 0.4) is 0 Å². The molecular formula is C20H15FO3. The molecule has 24 heavy (non-hydrogen) atoms. The quantitative estimate of drug-likeness (QED) is 0.448. The third-order valence-corrected chi connectivity index (χ3v) is 4.67. The first kappa shape index (κ1) is 14.7. The summed E-state index contributed by atoms with van der Waals surface area (Å²) >= 11 is 0. The number of furan rings is 1. The Morgan fingerprint density at radius 2 is 1.58 bits per heavy atom. The Morgan fingerprint density at radius 1 is 0.875 bits per heavy atom. The standard InChI is InChI=1S/C20H15FO3/c1-10-11(2)20(22)24-19-12(3)18-16(8-15(10)19)17(9-23-18)13-4-6-14(21)7-5-13/h4-9H,1-3H3. The van der Waals surface area contributed by atoms with Crippen molar-refractivity contribution in [3.05, 3.63) is 69.5 Å². The highest BCUT2D eigenvalue weighted by Crippen LogP contribution is 2.37. The minimum atomic E-state index is -0.326. The highest BCUT2D eigenvalue weighted by atomic mass is 19.1. The van der Waals surface area contributed by atoms with Crippen molar-refractivity contribution in [1.29, 1.82) is 0 Å². The fourth-order valence-electron chi connectivity index (χ4n) is 3.10. The highest BCUT2D eigenvalue weighted by molar-refractivity contribution is 6.04. The van der Waals surface area contributed by atoms with Crippen LogP contribution in [0.4, 0.5) is 4.39 Å². The predicted octanol–water partition coefficient (Wildman–Crippen LogP) is 5.27. The molecule has 2 aromatic carbocycles. The van der Waals surface area contributed by atoms with Gasteiger partial charge in [-0.2, -0.15) is 0 Å². The number of hydrogen-bond donors (Lipinski definition) is 0. The van der Waals surface area contributed by atoms with Gasteiger partial charge in [0.2, 0.25) is 0 Å². The molecule has 4 aromatic rings. The maximum atomic E-state index is 13.2. The third-order valence-electron chi connectivity index (χ3n) is 4.67. The number of aryl methyl sites for hydroxylation is 2. The summed E-state index contributed by atoms with van der Waals surface area (Å²) in [7, 11) is 0. The lowest BCUT2D eigenvalue weighted by Crippen LogP contribution is -2.06. The zero-order chi connectivity index (χ0) is 17.0. The van der Waals surface area contributed by atoms with Gasteiger partial charge in [-0.15, -0.1) is 0 Å². The van der Waals surface area contributed by atoms with E-state index in [1.165, 1.54) is 12.1 Å². The molecule has 0 unspecified atom stereocenters. The Labute approximate surface area is 137 Å². The number of fused-ring (bicyclic) bond motifs is 2. The number of rotatable bonds is 1. The van der Waals surface area contributed by atoms with Crippen LogP contribution in [0.2, 0.25) is 0 Å². The molecule has 0 aliphatic heterocycles. The van der Waals surface area contributed by atoms with Gasteiger partial charge >= 0.3 is 5.63 Å². The lowest BCUT2D eigenvalue weighted by molar-refractivity contribution is 0.549. The van der Waals surface area contributed by atoms with Gasteiger partial charge in [0.25, 0.3) is 0 Å². The fraction of sp³-hybridized carbons (Fsp3) is 0.150. The summed E-state index contributed by atoms with van der Waals surface area (Å²) < 4.78 is 24.4. The Morgan fingerprint density at radius 3 is 2.29 bits per heavy atom. The molecular weight excluding hydrogens is 307 g/mol. The van der Waals surface area contributed by atoms with Crippen molar-refractivity contribution in [3.8, 4) is 11.1 Å². The van der Waals surface area contributed by atoms with Crippen LogP contribution < -0.4 is 5.63 Å². The average Bonchev–Trinajstić information content (AvgIpc) is 2.99. The second-order valence-electron chi connectivity index (χ2n) is 6.05. The van der Waals surface area contributed by atoms with Gasteiger partial charge in [0.1, 0.15) is 17.0 Å². The Kier molecular flexibility index (Phi) is 3.10. The summed E-state index contributed by atoms with van der Waals surface area (Å²) in [5.41, 5.74) is 4.96. The smallest absolute Gasteiger partial charge is 0.339 e. The monoisotopic (exact) mass is 322 g/mol. The van der Waals surface area contributed by atoms with E-state index in [1.807, 2.05) is 19.9 Å². The van der Waals surface area contributed by atoms with E-state index in [9.17, 15) is 9.18 Å². The molecule has 0 aliphatic rings. The molecule has 2 heterocycles. The molecule has 120 valence electrons. The summed E-state index contributed by atoms with van der Waals surface area (Å²) in [5.74, 6) is -0.276. The van der Waals surface area contributed by atoms with E-state index in [1.54, 1.807) is 25.3 Å².